The predicted octanol–water partition coefficient (Wildman–Crippen LogP) is 2.22. The first-order chi connectivity index (χ1) is 9.08. The number of nitrogens with zero attached hydrogens (tertiary/aromatic N) is 1. The lowest BCUT2D eigenvalue weighted by Gasteiger charge is -2.21. The Morgan fingerprint density at radius 1 is 1.42 bits per heavy atom. The SMILES string of the molecule is CCCCN(CCO)Cc1ccc(C(=N)N)cc1Cl. The van der Waals surface area contributed by atoms with Crippen LogP contribution < -0.4 is 5.73 Å². The van der Waals surface area contributed by atoms with Crippen molar-refractivity contribution in [3.8, 4) is 0 Å². The van der Waals surface area contributed by atoms with Crippen molar-refractivity contribution in [2.45, 2.75) is 26.3 Å². The van der Waals surface area contributed by atoms with Gasteiger partial charge in [0.25, 0.3) is 0 Å². The first kappa shape index (κ1) is 16.0. The van der Waals surface area contributed by atoms with Crippen molar-refractivity contribution in [2.75, 3.05) is 19.7 Å². The molecule has 0 aliphatic heterocycles. The van der Waals surface area contributed by atoms with E-state index in [2.05, 4.69) is 11.8 Å². The Balaban J connectivity index is 2.75. The van der Waals surface area contributed by atoms with Crippen LogP contribution in [0.25, 0.3) is 0 Å². The van der Waals surface area contributed by atoms with Gasteiger partial charge in [0.2, 0.25) is 0 Å². The Kier molecular flexibility index (Phi) is 6.84. The molecule has 0 saturated carbocycles. The van der Waals surface area contributed by atoms with E-state index in [0.717, 1.165) is 24.9 Å². The van der Waals surface area contributed by atoms with Crippen LogP contribution in [0.15, 0.2) is 18.2 Å². The summed E-state index contributed by atoms with van der Waals surface area (Å²) in [5.74, 6) is 0.0200. The van der Waals surface area contributed by atoms with Crippen molar-refractivity contribution in [1.29, 1.82) is 5.41 Å². The largest absolute Gasteiger partial charge is 0.395 e. The predicted molar refractivity (Wildman–Crippen MR) is 79.7 cm³/mol. The number of amidine groups is 1. The van der Waals surface area contributed by atoms with Crippen LogP contribution in [0, 0.1) is 5.41 Å². The van der Waals surface area contributed by atoms with E-state index in [0.29, 0.717) is 23.7 Å². The van der Waals surface area contributed by atoms with Gasteiger partial charge in [-0.1, -0.05) is 37.1 Å². The van der Waals surface area contributed by atoms with E-state index >= 15 is 0 Å². The van der Waals surface area contributed by atoms with Crippen molar-refractivity contribution in [2.24, 2.45) is 5.73 Å². The molecule has 4 nitrogen and oxygen atoms in total. The highest BCUT2D eigenvalue weighted by Gasteiger charge is 2.09. The van der Waals surface area contributed by atoms with E-state index < -0.39 is 0 Å². The molecule has 0 radical (unpaired) electrons. The van der Waals surface area contributed by atoms with Gasteiger partial charge in [0.05, 0.1) is 6.61 Å². The topological polar surface area (TPSA) is 73.3 Å². The minimum absolute atomic E-state index is 0.0200. The highest BCUT2D eigenvalue weighted by molar-refractivity contribution is 6.31. The molecule has 0 amide bonds. The summed E-state index contributed by atoms with van der Waals surface area (Å²) >= 11 is 6.21. The van der Waals surface area contributed by atoms with Gasteiger partial charge in [0, 0.05) is 23.7 Å². The van der Waals surface area contributed by atoms with Crippen LogP contribution in [-0.4, -0.2) is 35.5 Å². The molecule has 19 heavy (non-hydrogen) atoms. The number of nitrogen functional groups attached to an aromatic ring is 1. The van der Waals surface area contributed by atoms with Gasteiger partial charge in [-0.3, -0.25) is 10.3 Å². The second kappa shape index (κ2) is 8.15. The van der Waals surface area contributed by atoms with E-state index in [1.807, 2.05) is 6.07 Å². The van der Waals surface area contributed by atoms with Gasteiger partial charge < -0.3 is 10.8 Å². The number of nitrogens with two attached hydrogens (primary N) is 1. The monoisotopic (exact) mass is 283 g/mol. The standard InChI is InChI=1S/C14H22ClN3O/c1-2-3-6-18(7-8-19)10-12-5-4-11(14(16)17)9-13(12)15/h4-5,9,19H,2-3,6-8,10H2,1H3,(H3,16,17). The molecule has 0 spiro atoms. The molecule has 0 aliphatic carbocycles. The zero-order valence-electron chi connectivity index (χ0n) is 11.3. The number of hydrogen-bond acceptors (Lipinski definition) is 3. The summed E-state index contributed by atoms with van der Waals surface area (Å²) in [5.41, 5.74) is 7.06. The van der Waals surface area contributed by atoms with Gasteiger partial charge in [0.1, 0.15) is 5.84 Å². The van der Waals surface area contributed by atoms with Crippen LogP contribution in [0.2, 0.25) is 5.02 Å². The molecule has 0 heterocycles. The first-order valence-electron chi connectivity index (χ1n) is 6.54. The van der Waals surface area contributed by atoms with Gasteiger partial charge in [-0.05, 0) is 24.6 Å². The van der Waals surface area contributed by atoms with Crippen LogP contribution in [0.5, 0.6) is 0 Å². The summed E-state index contributed by atoms with van der Waals surface area (Å²) < 4.78 is 0. The van der Waals surface area contributed by atoms with E-state index in [-0.39, 0.29) is 12.4 Å². The molecule has 0 unspecified atom stereocenters. The second-order valence-electron chi connectivity index (χ2n) is 4.57. The molecular formula is C14H22ClN3O. The minimum Gasteiger partial charge on any atom is -0.395 e. The molecule has 0 aromatic heterocycles. The zero-order chi connectivity index (χ0) is 14.3. The average Bonchev–Trinajstić information content (AvgIpc) is 2.38. The maximum atomic E-state index is 9.08. The van der Waals surface area contributed by atoms with Gasteiger partial charge in [-0.25, -0.2) is 0 Å². The molecule has 106 valence electrons. The van der Waals surface area contributed by atoms with Crippen LogP contribution in [0.4, 0.5) is 0 Å². The van der Waals surface area contributed by atoms with Gasteiger partial charge in [0.15, 0.2) is 0 Å². The molecular weight excluding hydrogens is 262 g/mol. The number of benzene rings is 1. The number of rotatable bonds is 8. The number of halogens is 1. The van der Waals surface area contributed by atoms with E-state index in [1.165, 1.54) is 0 Å². The third kappa shape index (κ3) is 5.19. The van der Waals surface area contributed by atoms with Gasteiger partial charge >= 0.3 is 0 Å². The first-order valence-corrected chi connectivity index (χ1v) is 6.92. The second-order valence-corrected chi connectivity index (χ2v) is 4.98. The number of aliphatic hydroxyl groups excluding tert-OH is 1. The van der Waals surface area contributed by atoms with E-state index in [4.69, 9.17) is 27.9 Å². The Hall–Kier alpha value is -1.10. The maximum Gasteiger partial charge on any atom is 0.122 e. The molecule has 0 aliphatic rings. The number of unbranched alkanes of at least 4 members (excludes halogenated alkanes) is 1. The smallest absolute Gasteiger partial charge is 0.122 e. The molecule has 0 atom stereocenters. The number of aliphatic hydroxyl groups is 1. The summed E-state index contributed by atoms with van der Waals surface area (Å²) in [5, 5.41) is 17.1. The minimum atomic E-state index is 0.0200. The summed E-state index contributed by atoms with van der Waals surface area (Å²) in [6.07, 6.45) is 2.22. The molecule has 1 rings (SSSR count). The molecule has 1 aromatic rings. The van der Waals surface area contributed by atoms with Gasteiger partial charge in [-0.15, -0.1) is 0 Å². The lowest BCUT2D eigenvalue weighted by molar-refractivity contribution is 0.188. The lowest BCUT2D eigenvalue weighted by Crippen LogP contribution is -2.27. The maximum absolute atomic E-state index is 9.08. The Labute approximate surface area is 119 Å². The summed E-state index contributed by atoms with van der Waals surface area (Å²) in [4.78, 5) is 2.18. The lowest BCUT2D eigenvalue weighted by atomic mass is 10.1. The zero-order valence-corrected chi connectivity index (χ0v) is 12.1. The Morgan fingerprint density at radius 2 is 2.16 bits per heavy atom. The van der Waals surface area contributed by atoms with Gasteiger partial charge in [-0.2, -0.15) is 0 Å². The van der Waals surface area contributed by atoms with Crippen molar-refractivity contribution in [3.63, 3.8) is 0 Å². The van der Waals surface area contributed by atoms with Crippen LogP contribution in [-0.2, 0) is 6.54 Å². The van der Waals surface area contributed by atoms with Crippen LogP contribution >= 0.6 is 11.6 Å². The molecule has 5 heteroatoms. The third-order valence-corrected chi connectivity index (χ3v) is 3.35. The molecule has 0 bridgehead atoms. The van der Waals surface area contributed by atoms with Crippen LogP contribution in [0.1, 0.15) is 30.9 Å². The molecule has 4 N–H and O–H groups in total. The molecule has 0 saturated heterocycles. The third-order valence-electron chi connectivity index (χ3n) is 3.00. The fraction of sp³-hybridized carbons (Fsp3) is 0.500. The fourth-order valence-electron chi connectivity index (χ4n) is 1.88. The van der Waals surface area contributed by atoms with E-state index in [9.17, 15) is 0 Å². The molecule has 0 fully saturated rings. The quantitative estimate of drug-likeness (QED) is 0.506. The summed E-state index contributed by atoms with van der Waals surface area (Å²) in [6, 6.07) is 5.42. The van der Waals surface area contributed by atoms with E-state index in [1.54, 1.807) is 12.1 Å². The van der Waals surface area contributed by atoms with Crippen molar-refractivity contribution in [3.05, 3.63) is 34.3 Å². The van der Waals surface area contributed by atoms with Crippen molar-refractivity contribution >= 4 is 17.4 Å². The highest BCUT2D eigenvalue weighted by atomic mass is 35.5. The van der Waals surface area contributed by atoms with Crippen molar-refractivity contribution in [1.82, 2.24) is 4.90 Å². The summed E-state index contributed by atoms with van der Waals surface area (Å²) in [7, 11) is 0. The number of nitrogens with one attached hydrogen (secondary N) is 1. The highest BCUT2D eigenvalue weighted by Crippen LogP contribution is 2.19. The molecule has 1 aromatic carbocycles. The Morgan fingerprint density at radius 3 is 2.68 bits per heavy atom. The average molecular weight is 284 g/mol. The van der Waals surface area contributed by atoms with Crippen molar-refractivity contribution < 1.29 is 5.11 Å². The number of hydrogen-bond donors (Lipinski definition) is 3. The normalized spacial score (nSPS) is 10.9. The van der Waals surface area contributed by atoms with Crippen LogP contribution in [0.3, 0.4) is 0 Å². The Bertz CT molecular complexity index is 423. The fourth-order valence-corrected chi connectivity index (χ4v) is 2.12. The summed E-state index contributed by atoms with van der Waals surface area (Å²) in [6.45, 7) is 4.59.